The molecule has 0 aliphatic rings. The van der Waals surface area contributed by atoms with Gasteiger partial charge in [0.15, 0.2) is 0 Å². The van der Waals surface area contributed by atoms with Crippen LogP contribution in [0.1, 0.15) is 25.1 Å². The van der Waals surface area contributed by atoms with Gasteiger partial charge in [0.1, 0.15) is 5.52 Å². The number of benzene rings is 1. The van der Waals surface area contributed by atoms with E-state index in [0.717, 1.165) is 5.52 Å². The van der Waals surface area contributed by atoms with Gasteiger partial charge in [-0.15, -0.1) is 0 Å². The molecule has 0 amide bonds. The third-order valence-electron chi connectivity index (χ3n) is 2.84. The molecule has 3 heteroatoms. The third-order valence-corrected chi connectivity index (χ3v) is 2.84. The van der Waals surface area contributed by atoms with Crippen molar-refractivity contribution >= 4 is 16.6 Å². The Balaban J connectivity index is 0.000000686. The highest BCUT2D eigenvalue weighted by atomic mass is 15.3. The lowest BCUT2D eigenvalue weighted by Crippen LogP contribution is -2.09. The maximum atomic E-state index is 4.55. The highest BCUT2D eigenvalue weighted by Gasteiger charge is 2.11. The Labute approximate surface area is 104 Å². The molecule has 0 N–H and O–H groups in total. The number of fused-ring (bicyclic) bond motifs is 1. The molecule has 17 heavy (non-hydrogen) atoms. The summed E-state index contributed by atoms with van der Waals surface area (Å²) in [7, 11) is 6.10. The van der Waals surface area contributed by atoms with Crippen LogP contribution in [0.2, 0.25) is 0 Å². The predicted molar refractivity (Wildman–Crippen MR) is 75.9 cm³/mol. The maximum Gasteiger partial charge on any atom is 0.116 e. The number of nitrogens with zero attached hydrogens (tertiary/aromatic N) is 3. The molecule has 2 aromatic rings. The van der Waals surface area contributed by atoms with E-state index in [9.17, 15) is 0 Å². The van der Waals surface area contributed by atoms with E-state index in [2.05, 4.69) is 50.1 Å². The number of aryl methyl sites for hydroxylation is 3. The van der Waals surface area contributed by atoms with Gasteiger partial charge in [0.25, 0.3) is 0 Å². The van der Waals surface area contributed by atoms with E-state index in [0.29, 0.717) is 0 Å². The molecular weight excluding hydrogens is 210 g/mol. The fourth-order valence-corrected chi connectivity index (χ4v) is 1.88. The molecule has 1 aromatic heterocycles. The lowest BCUT2D eigenvalue weighted by atomic mass is 10.1. The topological polar surface area (TPSA) is 21.1 Å². The van der Waals surface area contributed by atoms with Crippen LogP contribution in [0.4, 0.5) is 5.69 Å². The molecule has 2 rings (SSSR count). The van der Waals surface area contributed by atoms with Crippen LogP contribution in [0.5, 0.6) is 0 Å². The van der Waals surface area contributed by atoms with Crippen LogP contribution in [0, 0.1) is 13.8 Å². The molecule has 0 saturated heterocycles. The number of rotatable bonds is 1. The molecule has 0 aliphatic carbocycles. The molecule has 3 nitrogen and oxygen atoms in total. The van der Waals surface area contributed by atoms with Crippen molar-refractivity contribution in [2.75, 3.05) is 19.0 Å². The average Bonchev–Trinajstić information content (AvgIpc) is 2.58. The predicted octanol–water partition coefficient (Wildman–Crippen LogP) is 3.28. The SMILES string of the molecule is CC.Cc1cc(N(C)C)c2nn(C)c(C)c2c1. The van der Waals surface area contributed by atoms with Crippen LogP contribution >= 0.6 is 0 Å². The smallest absolute Gasteiger partial charge is 0.116 e. The highest BCUT2D eigenvalue weighted by molar-refractivity contribution is 5.93. The van der Waals surface area contributed by atoms with Gasteiger partial charge in [0.05, 0.1) is 5.69 Å². The summed E-state index contributed by atoms with van der Waals surface area (Å²) in [5.41, 5.74) is 4.78. The summed E-state index contributed by atoms with van der Waals surface area (Å²) >= 11 is 0. The first-order valence-corrected chi connectivity index (χ1v) is 6.12. The van der Waals surface area contributed by atoms with Crippen LogP contribution in [0.3, 0.4) is 0 Å². The van der Waals surface area contributed by atoms with E-state index in [4.69, 9.17) is 0 Å². The van der Waals surface area contributed by atoms with Crippen molar-refractivity contribution in [1.82, 2.24) is 9.78 Å². The largest absolute Gasteiger partial charge is 0.376 e. The fourth-order valence-electron chi connectivity index (χ4n) is 1.88. The Bertz CT molecular complexity index is 510. The van der Waals surface area contributed by atoms with E-state index in [1.54, 1.807) is 0 Å². The average molecular weight is 233 g/mol. The number of hydrogen-bond donors (Lipinski definition) is 0. The second-order valence-electron chi connectivity index (χ2n) is 4.28. The van der Waals surface area contributed by atoms with Gasteiger partial charge in [-0.05, 0) is 31.5 Å². The second kappa shape index (κ2) is 5.21. The monoisotopic (exact) mass is 233 g/mol. The molecule has 0 saturated carbocycles. The molecule has 0 radical (unpaired) electrons. The van der Waals surface area contributed by atoms with Crippen LogP contribution in [0.25, 0.3) is 10.9 Å². The number of hydrogen-bond acceptors (Lipinski definition) is 2. The molecule has 1 aromatic carbocycles. The van der Waals surface area contributed by atoms with Crippen molar-refractivity contribution in [2.24, 2.45) is 7.05 Å². The van der Waals surface area contributed by atoms with Gasteiger partial charge in [-0.1, -0.05) is 13.8 Å². The zero-order valence-electron chi connectivity index (χ0n) is 12.0. The lowest BCUT2D eigenvalue weighted by Gasteiger charge is -2.13. The van der Waals surface area contributed by atoms with Crippen LogP contribution in [0.15, 0.2) is 12.1 Å². The molecule has 1 heterocycles. The Morgan fingerprint density at radius 1 is 1.12 bits per heavy atom. The van der Waals surface area contributed by atoms with Crippen molar-refractivity contribution in [2.45, 2.75) is 27.7 Å². The zero-order chi connectivity index (χ0) is 13.2. The van der Waals surface area contributed by atoms with Crippen molar-refractivity contribution in [3.63, 3.8) is 0 Å². The Hall–Kier alpha value is -1.51. The zero-order valence-corrected chi connectivity index (χ0v) is 12.0. The van der Waals surface area contributed by atoms with Gasteiger partial charge in [0, 0.05) is 32.2 Å². The van der Waals surface area contributed by atoms with Crippen LogP contribution in [-0.4, -0.2) is 23.9 Å². The van der Waals surface area contributed by atoms with E-state index < -0.39 is 0 Å². The second-order valence-corrected chi connectivity index (χ2v) is 4.28. The normalized spacial score (nSPS) is 10.1. The van der Waals surface area contributed by atoms with Gasteiger partial charge in [-0.25, -0.2) is 0 Å². The first kappa shape index (κ1) is 13.6. The van der Waals surface area contributed by atoms with Gasteiger partial charge in [0.2, 0.25) is 0 Å². The molecule has 94 valence electrons. The Morgan fingerprint density at radius 2 is 1.71 bits per heavy atom. The minimum atomic E-state index is 1.09. The minimum absolute atomic E-state index is 1.09. The maximum absolute atomic E-state index is 4.55. The Morgan fingerprint density at radius 3 is 2.24 bits per heavy atom. The third kappa shape index (κ3) is 2.43. The van der Waals surface area contributed by atoms with Crippen molar-refractivity contribution in [3.8, 4) is 0 Å². The van der Waals surface area contributed by atoms with Crippen LogP contribution < -0.4 is 4.90 Å². The molecule has 0 bridgehead atoms. The van der Waals surface area contributed by atoms with Gasteiger partial charge in [-0.2, -0.15) is 5.10 Å². The Kier molecular flexibility index (Phi) is 4.16. The molecular formula is C14H23N3. The summed E-state index contributed by atoms with van der Waals surface area (Å²) in [6.45, 7) is 8.23. The number of aromatic nitrogens is 2. The summed E-state index contributed by atoms with van der Waals surface area (Å²) in [6.07, 6.45) is 0. The molecule has 0 fully saturated rings. The fraction of sp³-hybridized carbons (Fsp3) is 0.500. The number of anilines is 1. The standard InChI is InChI=1S/C12H17N3.C2H6/c1-8-6-10-9(2)15(5)13-12(10)11(7-8)14(3)4;1-2/h6-7H,1-5H3;1-2H3. The molecule has 0 spiro atoms. The van der Waals surface area contributed by atoms with Gasteiger partial charge >= 0.3 is 0 Å². The quantitative estimate of drug-likeness (QED) is 0.753. The highest BCUT2D eigenvalue weighted by Crippen LogP contribution is 2.28. The van der Waals surface area contributed by atoms with Crippen molar-refractivity contribution < 1.29 is 0 Å². The van der Waals surface area contributed by atoms with E-state index in [1.807, 2.05) is 25.6 Å². The summed E-state index contributed by atoms with van der Waals surface area (Å²) < 4.78 is 1.94. The van der Waals surface area contributed by atoms with Gasteiger partial charge < -0.3 is 4.90 Å². The van der Waals surface area contributed by atoms with Crippen LogP contribution in [-0.2, 0) is 7.05 Å². The first-order chi connectivity index (χ1) is 8.00. The minimum Gasteiger partial charge on any atom is -0.376 e. The van der Waals surface area contributed by atoms with E-state index >= 15 is 0 Å². The van der Waals surface area contributed by atoms with Crippen molar-refractivity contribution in [3.05, 3.63) is 23.4 Å². The summed E-state index contributed by atoms with van der Waals surface area (Å²) in [5.74, 6) is 0. The molecule has 0 atom stereocenters. The summed E-state index contributed by atoms with van der Waals surface area (Å²) in [4.78, 5) is 2.11. The van der Waals surface area contributed by atoms with Gasteiger partial charge in [-0.3, -0.25) is 4.68 Å². The molecule has 0 unspecified atom stereocenters. The van der Waals surface area contributed by atoms with E-state index in [-0.39, 0.29) is 0 Å². The van der Waals surface area contributed by atoms with E-state index in [1.165, 1.54) is 22.3 Å². The summed E-state index contributed by atoms with van der Waals surface area (Å²) in [6, 6.07) is 4.37. The first-order valence-electron chi connectivity index (χ1n) is 6.12. The lowest BCUT2D eigenvalue weighted by molar-refractivity contribution is 0.751. The summed E-state index contributed by atoms with van der Waals surface area (Å²) in [5, 5.41) is 5.80. The van der Waals surface area contributed by atoms with Crippen molar-refractivity contribution in [1.29, 1.82) is 0 Å². The molecule has 0 aliphatic heterocycles.